The van der Waals surface area contributed by atoms with Gasteiger partial charge in [0.25, 0.3) is 0 Å². The van der Waals surface area contributed by atoms with Crippen LogP contribution in [0.25, 0.3) is 10.9 Å². The summed E-state index contributed by atoms with van der Waals surface area (Å²) in [5, 5.41) is 15.2. The standard InChI is InChI=1S/C19H27N5O2/c1-19(25)7-4-8-21-17(19)16-14-11-20-9-6-15(14)22-18(23-16)26-12-13-5-3-10-24(13)2/h6,9,11,13,17,21,25H,3-5,7-8,10,12H2,1-2H3/t13-,17?,19?/m0/s1. The highest BCUT2D eigenvalue weighted by Gasteiger charge is 2.38. The molecule has 2 fully saturated rings. The largest absolute Gasteiger partial charge is 0.462 e. The molecule has 0 spiro atoms. The monoisotopic (exact) mass is 357 g/mol. The minimum Gasteiger partial charge on any atom is -0.462 e. The number of likely N-dealkylation sites (N-methyl/N-ethyl adjacent to an activating group) is 1. The van der Waals surface area contributed by atoms with Gasteiger partial charge in [-0.2, -0.15) is 9.97 Å². The maximum absolute atomic E-state index is 10.9. The molecule has 7 nitrogen and oxygen atoms in total. The van der Waals surface area contributed by atoms with Crippen molar-refractivity contribution in [3.8, 4) is 6.01 Å². The van der Waals surface area contributed by atoms with Gasteiger partial charge in [0.2, 0.25) is 0 Å². The summed E-state index contributed by atoms with van der Waals surface area (Å²) < 4.78 is 5.97. The summed E-state index contributed by atoms with van der Waals surface area (Å²) in [5.41, 5.74) is 0.698. The second-order valence-corrected chi connectivity index (χ2v) is 7.72. The Hall–Kier alpha value is -1.83. The van der Waals surface area contributed by atoms with Gasteiger partial charge in [-0.05, 0) is 58.8 Å². The number of fused-ring (bicyclic) bond motifs is 1. The Labute approximate surface area is 153 Å². The number of ether oxygens (including phenoxy) is 1. The van der Waals surface area contributed by atoms with Gasteiger partial charge in [0.15, 0.2) is 0 Å². The molecule has 2 saturated heterocycles. The molecule has 7 heteroatoms. The molecular formula is C19H27N5O2. The molecule has 2 aliphatic heterocycles. The lowest BCUT2D eigenvalue weighted by Crippen LogP contribution is -2.46. The first-order valence-corrected chi connectivity index (χ1v) is 9.45. The van der Waals surface area contributed by atoms with E-state index in [-0.39, 0.29) is 6.04 Å². The van der Waals surface area contributed by atoms with Gasteiger partial charge in [-0.15, -0.1) is 0 Å². The normalized spacial score (nSPS) is 30.0. The van der Waals surface area contributed by atoms with Gasteiger partial charge in [-0.3, -0.25) is 4.98 Å². The zero-order chi connectivity index (χ0) is 18.1. The summed E-state index contributed by atoms with van der Waals surface area (Å²) >= 11 is 0. The Morgan fingerprint density at radius 2 is 2.27 bits per heavy atom. The lowest BCUT2D eigenvalue weighted by molar-refractivity contribution is -0.00835. The molecule has 0 amide bonds. The van der Waals surface area contributed by atoms with Crippen molar-refractivity contribution in [3.05, 3.63) is 24.2 Å². The average Bonchev–Trinajstić information content (AvgIpc) is 3.04. The van der Waals surface area contributed by atoms with Gasteiger partial charge in [0, 0.05) is 23.8 Å². The first-order chi connectivity index (χ1) is 12.5. The summed E-state index contributed by atoms with van der Waals surface area (Å²) in [6.07, 6.45) is 7.52. The van der Waals surface area contributed by atoms with Crippen LogP contribution in [0, 0.1) is 0 Å². The molecule has 0 aromatic carbocycles. The van der Waals surface area contributed by atoms with Crippen LogP contribution < -0.4 is 10.1 Å². The smallest absolute Gasteiger partial charge is 0.317 e. The molecule has 4 heterocycles. The fourth-order valence-electron chi connectivity index (χ4n) is 4.07. The van der Waals surface area contributed by atoms with Gasteiger partial charge in [-0.1, -0.05) is 0 Å². The zero-order valence-electron chi connectivity index (χ0n) is 15.5. The van der Waals surface area contributed by atoms with E-state index in [0.29, 0.717) is 18.7 Å². The van der Waals surface area contributed by atoms with Crippen molar-refractivity contribution in [2.75, 3.05) is 26.7 Å². The molecule has 4 rings (SSSR count). The Kier molecular flexibility index (Phi) is 4.77. The van der Waals surface area contributed by atoms with Crippen molar-refractivity contribution >= 4 is 10.9 Å². The summed E-state index contributed by atoms with van der Waals surface area (Å²) in [7, 11) is 2.13. The molecule has 2 unspecified atom stereocenters. The fourth-order valence-corrected chi connectivity index (χ4v) is 4.07. The van der Waals surface area contributed by atoms with Crippen molar-refractivity contribution in [3.63, 3.8) is 0 Å². The van der Waals surface area contributed by atoms with Crippen molar-refractivity contribution in [1.82, 2.24) is 25.2 Å². The van der Waals surface area contributed by atoms with Crippen LogP contribution >= 0.6 is 0 Å². The predicted octanol–water partition coefficient (Wildman–Crippen LogP) is 1.67. The topological polar surface area (TPSA) is 83.4 Å². The highest BCUT2D eigenvalue weighted by molar-refractivity contribution is 5.80. The third-order valence-corrected chi connectivity index (χ3v) is 5.69. The summed E-state index contributed by atoms with van der Waals surface area (Å²) in [5.74, 6) is 0. The van der Waals surface area contributed by atoms with E-state index in [0.717, 1.165) is 48.9 Å². The first-order valence-electron chi connectivity index (χ1n) is 9.45. The van der Waals surface area contributed by atoms with Crippen LogP contribution in [0.5, 0.6) is 6.01 Å². The number of nitrogens with zero attached hydrogens (tertiary/aromatic N) is 4. The minimum atomic E-state index is -0.863. The zero-order valence-corrected chi connectivity index (χ0v) is 15.5. The lowest BCUT2D eigenvalue weighted by Gasteiger charge is -2.37. The number of nitrogens with one attached hydrogen (secondary N) is 1. The van der Waals surface area contributed by atoms with Crippen LogP contribution in [-0.2, 0) is 0 Å². The summed E-state index contributed by atoms with van der Waals surface area (Å²) in [6.45, 7) is 4.41. The molecule has 0 radical (unpaired) electrons. The van der Waals surface area contributed by atoms with Gasteiger partial charge in [0.05, 0.1) is 22.9 Å². The maximum atomic E-state index is 10.9. The van der Waals surface area contributed by atoms with Crippen LogP contribution in [0.1, 0.15) is 44.3 Å². The number of hydrogen-bond acceptors (Lipinski definition) is 7. The van der Waals surface area contributed by atoms with Gasteiger partial charge in [-0.25, -0.2) is 0 Å². The molecule has 2 aromatic heterocycles. The first kappa shape index (κ1) is 17.6. The second kappa shape index (κ2) is 7.06. The van der Waals surface area contributed by atoms with Crippen molar-refractivity contribution in [1.29, 1.82) is 0 Å². The van der Waals surface area contributed by atoms with Gasteiger partial charge >= 0.3 is 6.01 Å². The Morgan fingerprint density at radius 3 is 3.04 bits per heavy atom. The third kappa shape index (κ3) is 3.39. The molecule has 26 heavy (non-hydrogen) atoms. The fraction of sp³-hybridized carbons (Fsp3) is 0.632. The number of hydrogen-bond donors (Lipinski definition) is 2. The highest BCUT2D eigenvalue weighted by Crippen LogP contribution is 2.35. The van der Waals surface area contributed by atoms with Crippen LogP contribution in [0.3, 0.4) is 0 Å². The third-order valence-electron chi connectivity index (χ3n) is 5.69. The van der Waals surface area contributed by atoms with Gasteiger partial charge < -0.3 is 20.1 Å². The van der Waals surface area contributed by atoms with Crippen molar-refractivity contribution < 1.29 is 9.84 Å². The lowest BCUT2D eigenvalue weighted by atomic mass is 9.85. The van der Waals surface area contributed by atoms with Crippen LogP contribution in [0.15, 0.2) is 18.5 Å². The quantitative estimate of drug-likeness (QED) is 0.861. The number of aromatic nitrogens is 3. The Morgan fingerprint density at radius 1 is 1.38 bits per heavy atom. The SMILES string of the molecule is CN1CCC[C@H]1COc1nc(C2NCCCC2(C)O)c2cnccc2n1. The van der Waals surface area contributed by atoms with E-state index in [2.05, 4.69) is 27.2 Å². The molecule has 0 bridgehead atoms. The molecule has 2 N–H and O–H groups in total. The Balaban J connectivity index is 1.67. The van der Waals surface area contributed by atoms with E-state index in [1.54, 1.807) is 12.4 Å². The van der Waals surface area contributed by atoms with Crippen LogP contribution in [0.4, 0.5) is 0 Å². The molecular weight excluding hydrogens is 330 g/mol. The second-order valence-electron chi connectivity index (χ2n) is 7.72. The molecule has 2 aromatic rings. The van der Waals surface area contributed by atoms with Crippen LogP contribution in [0.2, 0.25) is 0 Å². The van der Waals surface area contributed by atoms with E-state index in [1.807, 2.05) is 13.0 Å². The summed E-state index contributed by atoms with van der Waals surface area (Å²) in [4.78, 5) is 15.8. The Bertz CT molecular complexity index is 782. The summed E-state index contributed by atoms with van der Waals surface area (Å²) in [6, 6.07) is 2.39. The maximum Gasteiger partial charge on any atom is 0.317 e. The van der Waals surface area contributed by atoms with E-state index in [1.165, 1.54) is 6.42 Å². The number of rotatable bonds is 4. The van der Waals surface area contributed by atoms with Crippen molar-refractivity contribution in [2.24, 2.45) is 0 Å². The number of pyridine rings is 1. The van der Waals surface area contributed by atoms with E-state index in [9.17, 15) is 5.11 Å². The highest BCUT2D eigenvalue weighted by atomic mass is 16.5. The average molecular weight is 357 g/mol. The molecule has 0 aliphatic carbocycles. The number of likely N-dealkylation sites (tertiary alicyclic amines) is 1. The number of piperidine rings is 1. The molecule has 2 aliphatic rings. The van der Waals surface area contributed by atoms with Gasteiger partial charge in [0.1, 0.15) is 6.61 Å². The molecule has 140 valence electrons. The van der Waals surface area contributed by atoms with E-state index in [4.69, 9.17) is 9.72 Å². The van der Waals surface area contributed by atoms with Crippen LogP contribution in [-0.4, -0.2) is 63.3 Å². The number of aliphatic hydroxyl groups is 1. The minimum absolute atomic E-state index is 0.262. The molecule has 3 atom stereocenters. The predicted molar refractivity (Wildman–Crippen MR) is 99.1 cm³/mol. The van der Waals surface area contributed by atoms with E-state index >= 15 is 0 Å². The van der Waals surface area contributed by atoms with E-state index < -0.39 is 5.60 Å². The molecule has 0 saturated carbocycles. The van der Waals surface area contributed by atoms with Crippen molar-refractivity contribution in [2.45, 2.75) is 50.3 Å².